The molecule has 2 aromatic heterocycles. The van der Waals surface area contributed by atoms with Crippen molar-refractivity contribution >= 4 is 35.0 Å². The molecular formula is C20H16ClN3O3S. The summed E-state index contributed by atoms with van der Waals surface area (Å²) in [6.45, 7) is 0. The fraction of sp³-hybridized carbons (Fsp3) is 0.150. The molecule has 142 valence electrons. The van der Waals surface area contributed by atoms with Crippen LogP contribution in [-0.2, 0) is 4.79 Å². The van der Waals surface area contributed by atoms with Gasteiger partial charge in [-0.1, -0.05) is 23.7 Å². The molecule has 0 N–H and O–H groups in total. The maximum atomic E-state index is 12.9. The van der Waals surface area contributed by atoms with E-state index in [9.17, 15) is 10.0 Å². The van der Waals surface area contributed by atoms with Gasteiger partial charge in [0.25, 0.3) is 10.9 Å². The van der Waals surface area contributed by atoms with Crippen LogP contribution in [0.1, 0.15) is 23.8 Å². The molecule has 0 fully saturated rings. The largest absolute Gasteiger partial charge is 0.618 e. The van der Waals surface area contributed by atoms with Crippen molar-refractivity contribution in [3.63, 3.8) is 0 Å². The van der Waals surface area contributed by atoms with Gasteiger partial charge in [0.05, 0.1) is 17.7 Å². The van der Waals surface area contributed by atoms with Gasteiger partial charge >= 0.3 is 0 Å². The highest BCUT2D eigenvalue weighted by Crippen LogP contribution is 2.34. The van der Waals surface area contributed by atoms with Gasteiger partial charge in [-0.15, -0.1) is 0 Å². The molecule has 1 aliphatic heterocycles. The van der Waals surface area contributed by atoms with Gasteiger partial charge in [-0.05, 0) is 47.7 Å². The molecule has 1 aromatic carbocycles. The SMILES string of the molecule is O=C(CSc1cccc[n+]1[O-])N1N=C(c2ccc(Cl)cc2)C[C@@H]1c1ccco1. The van der Waals surface area contributed by atoms with Gasteiger partial charge in [0, 0.05) is 23.6 Å². The first-order valence-electron chi connectivity index (χ1n) is 8.61. The molecule has 0 saturated heterocycles. The third kappa shape index (κ3) is 3.90. The van der Waals surface area contributed by atoms with E-state index in [0.29, 0.717) is 22.2 Å². The number of carbonyl (C=O) groups is 1. The second-order valence-electron chi connectivity index (χ2n) is 6.18. The van der Waals surface area contributed by atoms with E-state index in [4.69, 9.17) is 16.0 Å². The van der Waals surface area contributed by atoms with Crippen LogP contribution in [0.15, 0.2) is 81.6 Å². The fourth-order valence-electron chi connectivity index (χ4n) is 2.99. The molecule has 3 heterocycles. The number of hydrazone groups is 1. The fourth-order valence-corrected chi connectivity index (χ4v) is 3.88. The Bertz CT molecular complexity index is 1010. The minimum absolute atomic E-state index is 0.0981. The summed E-state index contributed by atoms with van der Waals surface area (Å²) in [6.07, 6.45) is 3.53. The van der Waals surface area contributed by atoms with Crippen LogP contribution in [0.5, 0.6) is 0 Å². The Labute approximate surface area is 171 Å². The number of thioether (sulfide) groups is 1. The molecular weight excluding hydrogens is 398 g/mol. The summed E-state index contributed by atoms with van der Waals surface area (Å²) < 4.78 is 6.28. The zero-order chi connectivity index (χ0) is 19.5. The maximum absolute atomic E-state index is 12.9. The predicted octanol–water partition coefficient (Wildman–Crippen LogP) is 4.04. The molecule has 1 amide bonds. The van der Waals surface area contributed by atoms with Crippen LogP contribution in [0.25, 0.3) is 0 Å². The van der Waals surface area contributed by atoms with Gasteiger partial charge < -0.3 is 9.62 Å². The summed E-state index contributed by atoms with van der Waals surface area (Å²) in [4.78, 5) is 12.9. The van der Waals surface area contributed by atoms with Crippen LogP contribution in [-0.4, -0.2) is 22.4 Å². The molecule has 0 spiro atoms. The lowest BCUT2D eigenvalue weighted by Crippen LogP contribution is -2.31. The summed E-state index contributed by atoms with van der Waals surface area (Å²) in [5.41, 5.74) is 1.69. The predicted molar refractivity (Wildman–Crippen MR) is 107 cm³/mol. The maximum Gasteiger partial charge on any atom is 0.253 e. The van der Waals surface area contributed by atoms with Crippen LogP contribution < -0.4 is 4.73 Å². The second-order valence-corrected chi connectivity index (χ2v) is 7.61. The molecule has 6 nitrogen and oxygen atoms in total. The lowest BCUT2D eigenvalue weighted by molar-refractivity contribution is -0.645. The van der Waals surface area contributed by atoms with Gasteiger partial charge in [0.1, 0.15) is 11.8 Å². The van der Waals surface area contributed by atoms with Crippen molar-refractivity contribution in [3.05, 3.63) is 88.6 Å². The van der Waals surface area contributed by atoms with Crippen molar-refractivity contribution in [2.24, 2.45) is 5.10 Å². The van der Waals surface area contributed by atoms with Gasteiger partial charge in [-0.25, -0.2) is 5.01 Å². The van der Waals surface area contributed by atoms with Crippen LogP contribution in [0.3, 0.4) is 0 Å². The number of hydrogen-bond acceptors (Lipinski definition) is 5. The lowest BCUT2D eigenvalue weighted by atomic mass is 10.0. The second kappa shape index (κ2) is 8.08. The normalized spacial score (nSPS) is 16.2. The average molecular weight is 414 g/mol. The number of amides is 1. The van der Waals surface area contributed by atoms with Crippen molar-refractivity contribution in [1.29, 1.82) is 0 Å². The van der Waals surface area contributed by atoms with Crippen LogP contribution >= 0.6 is 23.4 Å². The van der Waals surface area contributed by atoms with Gasteiger partial charge in [-0.3, -0.25) is 4.79 Å². The molecule has 28 heavy (non-hydrogen) atoms. The van der Waals surface area contributed by atoms with Gasteiger partial charge in [0.15, 0.2) is 6.20 Å². The smallest absolute Gasteiger partial charge is 0.253 e. The number of rotatable bonds is 5. The Morgan fingerprint density at radius 2 is 2.07 bits per heavy atom. The third-order valence-corrected chi connectivity index (χ3v) is 5.60. The van der Waals surface area contributed by atoms with E-state index >= 15 is 0 Å². The van der Waals surface area contributed by atoms with Crippen LogP contribution in [0.2, 0.25) is 5.02 Å². The quantitative estimate of drug-likeness (QED) is 0.359. The summed E-state index contributed by atoms with van der Waals surface area (Å²) in [5.74, 6) is 0.574. The average Bonchev–Trinajstić information content (AvgIpc) is 3.37. The molecule has 0 aliphatic carbocycles. The van der Waals surface area contributed by atoms with Gasteiger partial charge in [-0.2, -0.15) is 9.83 Å². The van der Waals surface area contributed by atoms with E-state index in [1.165, 1.54) is 23.0 Å². The molecule has 0 bridgehead atoms. The van der Waals surface area contributed by atoms with Crippen molar-refractivity contribution in [3.8, 4) is 0 Å². The summed E-state index contributed by atoms with van der Waals surface area (Å²) in [5, 5.41) is 18.9. The lowest BCUT2D eigenvalue weighted by Gasteiger charge is -2.19. The number of hydrogen-bond donors (Lipinski definition) is 0. The van der Waals surface area contributed by atoms with Crippen LogP contribution in [0.4, 0.5) is 0 Å². The molecule has 0 unspecified atom stereocenters. The standard InChI is InChI=1S/C20H16ClN3O3S/c21-15-8-6-14(7-9-15)16-12-17(18-4-3-11-27-18)24(22-16)19(25)13-28-20-5-1-2-10-23(20)26/h1-11,17H,12-13H2/t17-/m1/s1. The van der Waals surface area contributed by atoms with E-state index in [1.807, 2.05) is 18.2 Å². The van der Waals surface area contributed by atoms with Crippen molar-refractivity contribution < 1.29 is 13.9 Å². The molecule has 0 saturated carbocycles. The number of carbonyl (C=O) groups excluding carboxylic acids is 1. The number of furan rings is 1. The number of benzene rings is 1. The first-order valence-corrected chi connectivity index (χ1v) is 9.98. The van der Waals surface area contributed by atoms with Crippen molar-refractivity contribution in [1.82, 2.24) is 5.01 Å². The van der Waals surface area contributed by atoms with Crippen LogP contribution in [0, 0.1) is 5.21 Å². The zero-order valence-corrected chi connectivity index (χ0v) is 16.3. The molecule has 1 atom stereocenters. The number of halogens is 1. The number of pyridine rings is 1. The third-order valence-electron chi connectivity index (χ3n) is 4.35. The monoisotopic (exact) mass is 413 g/mol. The van der Waals surface area contributed by atoms with Gasteiger partial charge in [0.2, 0.25) is 0 Å². The highest BCUT2D eigenvalue weighted by atomic mass is 35.5. The molecule has 1 aliphatic rings. The molecule has 0 radical (unpaired) electrons. The Morgan fingerprint density at radius 3 is 2.79 bits per heavy atom. The Balaban J connectivity index is 1.56. The summed E-state index contributed by atoms with van der Waals surface area (Å²) in [7, 11) is 0. The Hall–Kier alpha value is -2.77. The highest BCUT2D eigenvalue weighted by molar-refractivity contribution is 7.99. The Kier molecular flexibility index (Phi) is 5.36. The topological polar surface area (TPSA) is 72.8 Å². The number of nitrogens with zero attached hydrogens (tertiary/aromatic N) is 3. The van der Waals surface area contributed by atoms with E-state index in [-0.39, 0.29) is 17.7 Å². The van der Waals surface area contributed by atoms with Crippen molar-refractivity contribution in [2.45, 2.75) is 17.5 Å². The minimum atomic E-state index is -0.316. The van der Waals surface area contributed by atoms with E-state index in [2.05, 4.69) is 5.10 Å². The number of aromatic nitrogens is 1. The van der Waals surface area contributed by atoms with E-state index in [0.717, 1.165) is 16.0 Å². The Morgan fingerprint density at radius 1 is 1.25 bits per heavy atom. The molecule has 8 heteroatoms. The van der Waals surface area contributed by atoms with E-state index < -0.39 is 0 Å². The summed E-state index contributed by atoms with van der Waals surface area (Å²) >= 11 is 7.15. The van der Waals surface area contributed by atoms with Crippen molar-refractivity contribution in [2.75, 3.05) is 5.75 Å². The first kappa shape index (κ1) is 18.6. The minimum Gasteiger partial charge on any atom is -0.618 e. The zero-order valence-electron chi connectivity index (χ0n) is 14.7. The summed E-state index contributed by atoms with van der Waals surface area (Å²) in [6, 6.07) is 15.8. The highest BCUT2D eigenvalue weighted by Gasteiger charge is 2.35. The molecule has 3 aromatic rings. The van der Waals surface area contributed by atoms with E-state index in [1.54, 1.807) is 42.7 Å². The molecule has 4 rings (SSSR count). The first-order chi connectivity index (χ1) is 13.6.